The number of carbonyl (C=O) groups excluding carboxylic acids is 2. The maximum absolute atomic E-state index is 14.2. The molecule has 4 rings (SSSR count). The molecule has 1 saturated carbocycles. The Balaban J connectivity index is 1.51. The van der Waals surface area contributed by atoms with Crippen LogP contribution in [-0.2, 0) is 4.79 Å². The summed E-state index contributed by atoms with van der Waals surface area (Å²) in [5.41, 5.74) is 0.872. The second-order valence-electron chi connectivity index (χ2n) is 7.82. The quantitative estimate of drug-likeness (QED) is 0.298. The molecule has 0 heterocycles. The minimum Gasteiger partial charge on any atom is -0.497 e. The van der Waals surface area contributed by atoms with E-state index >= 15 is 0 Å². The van der Waals surface area contributed by atoms with E-state index in [1.54, 1.807) is 18.2 Å². The van der Waals surface area contributed by atoms with Crippen molar-refractivity contribution < 1.29 is 18.7 Å². The van der Waals surface area contributed by atoms with Crippen molar-refractivity contribution in [2.45, 2.75) is 10.3 Å². The van der Waals surface area contributed by atoms with Crippen LogP contribution >= 0.6 is 58.0 Å². The number of ether oxygens (including phenoxy) is 1. The van der Waals surface area contributed by atoms with Crippen molar-refractivity contribution in [3.8, 4) is 5.75 Å². The summed E-state index contributed by atoms with van der Waals surface area (Å²) < 4.78 is 17.8. The van der Waals surface area contributed by atoms with Crippen molar-refractivity contribution in [1.29, 1.82) is 0 Å². The van der Waals surface area contributed by atoms with Crippen LogP contribution in [0.1, 0.15) is 21.8 Å². The first-order chi connectivity index (χ1) is 16.5. The number of amides is 2. The van der Waals surface area contributed by atoms with Crippen LogP contribution in [0.2, 0.25) is 15.1 Å². The molecule has 182 valence electrons. The predicted molar refractivity (Wildman–Crippen MR) is 138 cm³/mol. The van der Waals surface area contributed by atoms with Gasteiger partial charge in [0.15, 0.2) is 0 Å². The van der Waals surface area contributed by atoms with Crippen molar-refractivity contribution in [3.05, 3.63) is 86.6 Å². The zero-order chi connectivity index (χ0) is 25.5. The number of nitrogens with one attached hydrogen (secondary N) is 2. The molecule has 35 heavy (non-hydrogen) atoms. The van der Waals surface area contributed by atoms with E-state index in [1.807, 2.05) is 0 Å². The lowest BCUT2D eigenvalue weighted by Crippen LogP contribution is -2.18. The number of alkyl halides is 2. The molecule has 0 aliphatic heterocycles. The molecular weight excluding hydrogens is 561 g/mol. The van der Waals surface area contributed by atoms with Gasteiger partial charge in [0.2, 0.25) is 5.91 Å². The molecule has 1 aliphatic carbocycles. The van der Waals surface area contributed by atoms with Gasteiger partial charge in [-0.05, 0) is 54.1 Å². The molecule has 3 aromatic carbocycles. The highest BCUT2D eigenvalue weighted by Gasteiger charge is 2.67. The summed E-state index contributed by atoms with van der Waals surface area (Å²) in [6.45, 7) is 0. The Morgan fingerprint density at radius 2 is 1.63 bits per heavy atom. The minimum absolute atomic E-state index is 0.0247. The Labute approximate surface area is 225 Å². The van der Waals surface area contributed by atoms with E-state index in [-0.39, 0.29) is 22.0 Å². The van der Waals surface area contributed by atoms with Gasteiger partial charge in [-0.25, -0.2) is 4.39 Å². The molecule has 0 bridgehead atoms. The minimum atomic E-state index is -1.36. The smallest absolute Gasteiger partial charge is 0.257 e. The highest BCUT2D eigenvalue weighted by Crippen LogP contribution is 2.65. The van der Waals surface area contributed by atoms with Crippen LogP contribution in [0.15, 0.2) is 54.6 Å². The Morgan fingerprint density at radius 3 is 2.26 bits per heavy atom. The van der Waals surface area contributed by atoms with Gasteiger partial charge in [0.05, 0.1) is 29.3 Å². The summed E-state index contributed by atoms with van der Waals surface area (Å²) >= 11 is 31.1. The van der Waals surface area contributed by atoms with Gasteiger partial charge in [-0.2, -0.15) is 0 Å². The Kier molecular flexibility index (Phi) is 7.41. The average molecular weight is 577 g/mol. The van der Waals surface area contributed by atoms with Crippen LogP contribution in [0, 0.1) is 11.7 Å². The van der Waals surface area contributed by atoms with Crippen molar-refractivity contribution in [1.82, 2.24) is 0 Å². The molecule has 2 amide bonds. The van der Waals surface area contributed by atoms with Crippen molar-refractivity contribution in [2.75, 3.05) is 17.7 Å². The summed E-state index contributed by atoms with van der Waals surface area (Å²) in [7, 11) is 1.40. The van der Waals surface area contributed by atoms with Gasteiger partial charge in [0.1, 0.15) is 15.9 Å². The number of benzene rings is 3. The van der Waals surface area contributed by atoms with Gasteiger partial charge in [0.25, 0.3) is 5.91 Å². The molecule has 2 N–H and O–H groups in total. The van der Waals surface area contributed by atoms with E-state index in [0.717, 1.165) is 6.07 Å². The SMILES string of the molecule is COc1ccc(NC(=O)c2cc(NC(=O)C3[C@@H](c4cc(Cl)cc(Cl)c4)C3(Cl)Cl)ccc2Cl)c(F)c1. The number of halogens is 6. The molecule has 0 aromatic heterocycles. The number of rotatable bonds is 6. The van der Waals surface area contributed by atoms with Crippen molar-refractivity contribution in [2.24, 2.45) is 5.92 Å². The van der Waals surface area contributed by atoms with Crippen molar-refractivity contribution >= 4 is 81.2 Å². The number of anilines is 2. The first-order valence-electron chi connectivity index (χ1n) is 10.1. The van der Waals surface area contributed by atoms with Gasteiger partial charge >= 0.3 is 0 Å². The van der Waals surface area contributed by atoms with Crippen LogP contribution in [0.25, 0.3) is 0 Å². The van der Waals surface area contributed by atoms with E-state index in [2.05, 4.69) is 10.6 Å². The largest absolute Gasteiger partial charge is 0.497 e. The highest BCUT2D eigenvalue weighted by molar-refractivity contribution is 6.53. The molecule has 3 aromatic rings. The van der Waals surface area contributed by atoms with Crippen LogP contribution in [-0.4, -0.2) is 23.3 Å². The van der Waals surface area contributed by atoms with Gasteiger partial charge in [-0.15, -0.1) is 23.2 Å². The summed E-state index contributed by atoms with van der Waals surface area (Å²) in [6.07, 6.45) is 0. The number of hydrogen-bond donors (Lipinski definition) is 2. The fraction of sp³-hybridized carbons (Fsp3) is 0.167. The van der Waals surface area contributed by atoms with Crippen LogP contribution in [0.4, 0.5) is 15.8 Å². The number of hydrogen-bond acceptors (Lipinski definition) is 3. The van der Waals surface area contributed by atoms with Crippen LogP contribution < -0.4 is 15.4 Å². The molecule has 0 spiro atoms. The standard InChI is InChI=1S/C24H16Cl5FN2O3/c1-35-15-3-5-19(18(30)10-15)32-22(33)16-9-14(2-4-17(16)27)31-23(34)21-20(24(21,28)29)11-6-12(25)8-13(26)7-11/h2-10,20-21H,1H3,(H,31,34)(H,32,33)/t20-,21?/m1/s1. The Hall–Kier alpha value is -2.22. The maximum atomic E-state index is 14.2. The third kappa shape index (κ3) is 5.47. The lowest BCUT2D eigenvalue weighted by molar-refractivity contribution is -0.117. The summed E-state index contributed by atoms with van der Waals surface area (Å²) in [6, 6.07) is 13.2. The predicted octanol–water partition coefficient (Wildman–Crippen LogP) is 7.57. The van der Waals surface area contributed by atoms with Gasteiger partial charge in [-0.1, -0.05) is 34.8 Å². The van der Waals surface area contributed by atoms with E-state index in [1.165, 1.54) is 37.4 Å². The fourth-order valence-electron chi connectivity index (χ4n) is 3.73. The lowest BCUT2D eigenvalue weighted by atomic mass is 10.1. The summed E-state index contributed by atoms with van der Waals surface area (Å²) in [4.78, 5) is 25.7. The normalized spacial score (nSPS) is 18.0. The number of methoxy groups -OCH3 is 1. The van der Waals surface area contributed by atoms with E-state index < -0.39 is 33.8 Å². The molecule has 2 atom stereocenters. The first kappa shape index (κ1) is 25.9. The van der Waals surface area contributed by atoms with Gasteiger partial charge < -0.3 is 15.4 Å². The monoisotopic (exact) mass is 574 g/mol. The molecule has 1 aliphatic rings. The molecule has 0 radical (unpaired) electrons. The van der Waals surface area contributed by atoms with Crippen molar-refractivity contribution in [3.63, 3.8) is 0 Å². The zero-order valence-electron chi connectivity index (χ0n) is 17.8. The molecule has 0 saturated heterocycles. The average Bonchev–Trinajstić information content (AvgIpc) is 3.37. The van der Waals surface area contributed by atoms with Gasteiger partial charge in [-0.3, -0.25) is 9.59 Å². The maximum Gasteiger partial charge on any atom is 0.257 e. The molecular formula is C24H16Cl5FN2O3. The lowest BCUT2D eigenvalue weighted by Gasteiger charge is -2.11. The van der Waals surface area contributed by atoms with E-state index in [0.29, 0.717) is 21.4 Å². The molecule has 11 heteroatoms. The number of carbonyl (C=O) groups is 2. The highest BCUT2D eigenvalue weighted by atomic mass is 35.5. The van der Waals surface area contributed by atoms with Crippen LogP contribution in [0.3, 0.4) is 0 Å². The van der Waals surface area contributed by atoms with E-state index in [9.17, 15) is 14.0 Å². The second kappa shape index (κ2) is 10.0. The molecule has 1 fully saturated rings. The topological polar surface area (TPSA) is 67.4 Å². The summed E-state index contributed by atoms with van der Waals surface area (Å²) in [5, 5.41) is 6.04. The Morgan fingerprint density at radius 1 is 0.943 bits per heavy atom. The molecule has 5 nitrogen and oxygen atoms in total. The third-order valence-corrected chi connectivity index (χ3v) is 7.19. The van der Waals surface area contributed by atoms with E-state index in [4.69, 9.17) is 62.7 Å². The summed E-state index contributed by atoms with van der Waals surface area (Å²) in [5.74, 6) is -2.84. The first-order valence-corrected chi connectivity index (χ1v) is 12.0. The Bertz CT molecular complexity index is 1310. The fourth-order valence-corrected chi connectivity index (χ4v) is 5.31. The molecule has 1 unspecified atom stereocenters. The zero-order valence-corrected chi connectivity index (χ0v) is 21.6. The van der Waals surface area contributed by atoms with Gasteiger partial charge in [0, 0.05) is 27.7 Å². The van der Waals surface area contributed by atoms with Crippen LogP contribution in [0.5, 0.6) is 5.75 Å². The second-order valence-corrected chi connectivity index (χ2v) is 10.5. The third-order valence-electron chi connectivity index (χ3n) is 5.48.